The summed E-state index contributed by atoms with van der Waals surface area (Å²) in [6.07, 6.45) is 28.4. The summed E-state index contributed by atoms with van der Waals surface area (Å²) in [5, 5.41) is 0. The van der Waals surface area contributed by atoms with Crippen LogP contribution in [-0.2, 0) is 19.1 Å². The van der Waals surface area contributed by atoms with Crippen molar-refractivity contribution in [2.75, 3.05) is 20.3 Å². The first-order chi connectivity index (χ1) is 18.6. The van der Waals surface area contributed by atoms with E-state index in [1.54, 1.807) is 26.2 Å². The fraction of sp³-hybridized carbons (Fsp3) is 0.455. The van der Waals surface area contributed by atoms with Gasteiger partial charge in [-0.2, -0.15) is 0 Å². The molecule has 0 amide bonds. The Morgan fingerprint density at radius 3 is 2.13 bits per heavy atom. The van der Waals surface area contributed by atoms with Crippen LogP contribution in [0.25, 0.3) is 6.08 Å². The second-order valence-electron chi connectivity index (χ2n) is 8.85. The maximum Gasteiger partial charge on any atom is 0.337 e. The fourth-order valence-electron chi connectivity index (χ4n) is 3.49. The van der Waals surface area contributed by atoms with Gasteiger partial charge in [0.05, 0.1) is 12.7 Å². The largest absolute Gasteiger partial charge is 0.497 e. The number of ether oxygens (including phenoxy) is 3. The van der Waals surface area contributed by atoms with E-state index in [1.165, 1.54) is 12.8 Å². The van der Waals surface area contributed by atoms with E-state index in [-0.39, 0.29) is 19.2 Å². The molecule has 0 saturated heterocycles. The van der Waals surface area contributed by atoms with Crippen molar-refractivity contribution in [3.63, 3.8) is 0 Å². The summed E-state index contributed by atoms with van der Waals surface area (Å²) in [6.45, 7) is 3.95. The molecule has 1 rings (SSSR count). The van der Waals surface area contributed by atoms with Crippen LogP contribution in [0, 0.1) is 0 Å². The lowest BCUT2D eigenvalue weighted by Gasteiger charge is -2.08. The van der Waals surface area contributed by atoms with Gasteiger partial charge in [-0.25, -0.2) is 4.79 Å². The maximum absolute atomic E-state index is 12.2. The predicted octanol–water partition coefficient (Wildman–Crippen LogP) is 8.33. The minimum Gasteiger partial charge on any atom is -0.497 e. The fourth-order valence-corrected chi connectivity index (χ4v) is 3.49. The smallest absolute Gasteiger partial charge is 0.337 e. The van der Waals surface area contributed by atoms with E-state index in [2.05, 4.69) is 43.4 Å². The standard InChI is InChI=1S/C33H46O5/c1-4-6-7-8-9-10-11-12-13-14-15-16-17-18-19-22-32(34)38-28-30(5-2)33(35)37-27-20-21-29-23-25-31(36-3)26-24-29/h5-7,9-10,12-13,20-21,23-26H,4,8,11,14-19,22,27-28H2,1-3H3/b7-6-,10-9-,13-12-,21-20+,30-5+. The Morgan fingerprint density at radius 1 is 0.789 bits per heavy atom. The number of carbonyl (C=O) groups is 2. The van der Waals surface area contributed by atoms with Crippen molar-refractivity contribution in [3.8, 4) is 5.75 Å². The molecule has 1 aromatic rings. The Hall–Kier alpha value is -3.34. The lowest BCUT2D eigenvalue weighted by Crippen LogP contribution is -2.15. The number of hydrogen-bond acceptors (Lipinski definition) is 5. The van der Waals surface area contributed by atoms with E-state index < -0.39 is 5.97 Å². The average molecular weight is 523 g/mol. The number of esters is 2. The van der Waals surface area contributed by atoms with Gasteiger partial charge in [0, 0.05) is 6.42 Å². The van der Waals surface area contributed by atoms with Gasteiger partial charge in [0.25, 0.3) is 0 Å². The molecule has 0 aliphatic carbocycles. The van der Waals surface area contributed by atoms with Crippen LogP contribution in [0.2, 0.25) is 0 Å². The molecule has 208 valence electrons. The number of hydrogen-bond donors (Lipinski definition) is 0. The van der Waals surface area contributed by atoms with Crippen LogP contribution in [-0.4, -0.2) is 32.3 Å². The molecule has 0 aliphatic heterocycles. The summed E-state index contributed by atoms with van der Waals surface area (Å²) in [5.74, 6) is 0.0291. The van der Waals surface area contributed by atoms with Gasteiger partial charge in [0.15, 0.2) is 0 Å². The molecule has 0 spiro atoms. The first-order valence-corrected chi connectivity index (χ1v) is 13.8. The van der Waals surface area contributed by atoms with Gasteiger partial charge in [-0.05, 0) is 69.2 Å². The second-order valence-corrected chi connectivity index (χ2v) is 8.85. The van der Waals surface area contributed by atoms with Crippen molar-refractivity contribution in [3.05, 3.63) is 84.0 Å². The Balaban J connectivity index is 2.08. The molecule has 0 radical (unpaired) electrons. The van der Waals surface area contributed by atoms with Crippen LogP contribution in [0.15, 0.2) is 78.4 Å². The summed E-state index contributed by atoms with van der Waals surface area (Å²) >= 11 is 0. The zero-order valence-electron chi connectivity index (χ0n) is 23.5. The molecule has 0 bridgehead atoms. The Labute approximate surface area is 230 Å². The second kappa shape index (κ2) is 22.8. The van der Waals surface area contributed by atoms with Crippen LogP contribution < -0.4 is 4.74 Å². The number of unbranched alkanes of at least 4 members (excludes halogenated alkanes) is 5. The van der Waals surface area contributed by atoms with Gasteiger partial charge < -0.3 is 14.2 Å². The Morgan fingerprint density at radius 2 is 1.45 bits per heavy atom. The molecule has 5 heteroatoms. The molecule has 0 fully saturated rings. The minimum atomic E-state index is -0.478. The number of benzene rings is 1. The molecule has 38 heavy (non-hydrogen) atoms. The molecule has 1 aromatic carbocycles. The molecular formula is C33H46O5. The summed E-state index contributed by atoms with van der Waals surface area (Å²) < 4.78 is 15.7. The van der Waals surface area contributed by atoms with E-state index in [4.69, 9.17) is 14.2 Å². The van der Waals surface area contributed by atoms with E-state index in [1.807, 2.05) is 30.3 Å². The zero-order valence-corrected chi connectivity index (χ0v) is 23.5. The van der Waals surface area contributed by atoms with Crippen molar-refractivity contribution in [1.29, 1.82) is 0 Å². The van der Waals surface area contributed by atoms with Crippen molar-refractivity contribution in [1.82, 2.24) is 0 Å². The monoisotopic (exact) mass is 522 g/mol. The van der Waals surface area contributed by atoms with E-state index in [0.717, 1.165) is 56.3 Å². The van der Waals surface area contributed by atoms with Crippen LogP contribution >= 0.6 is 0 Å². The first-order valence-electron chi connectivity index (χ1n) is 13.8. The summed E-state index contributed by atoms with van der Waals surface area (Å²) in [4.78, 5) is 24.3. The lowest BCUT2D eigenvalue weighted by atomic mass is 10.1. The maximum atomic E-state index is 12.2. The Bertz CT molecular complexity index is 919. The number of carbonyl (C=O) groups excluding carboxylic acids is 2. The highest BCUT2D eigenvalue weighted by Gasteiger charge is 2.12. The third-order valence-corrected chi connectivity index (χ3v) is 5.77. The summed E-state index contributed by atoms with van der Waals surface area (Å²) in [7, 11) is 1.62. The minimum absolute atomic E-state index is 0.0622. The first kappa shape index (κ1) is 32.7. The average Bonchev–Trinajstić information content (AvgIpc) is 2.93. The Kier molecular flexibility index (Phi) is 19.6. The summed E-state index contributed by atoms with van der Waals surface area (Å²) in [5.41, 5.74) is 1.32. The van der Waals surface area contributed by atoms with Crippen LogP contribution in [0.3, 0.4) is 0 Å². The molecular weight excluding hydrogens is 476 g/mol. The summed E-state index contributed by atoms with van der Waals surface area (Å²) in [6, 6.07) is 7.57. The quantitative estimate of drug-likeness (QED) is 0.0745. The molecule has 0 aromatic heterocycles. The van der Waals surface area contributed by atoms with Crippen molar-refractivity contribution in [2.24, 2.45) is 0 Å². The third kappa shape index (κ3) is 17.2. The van der Waals surface area contributed by atoms with Crippen LogP contribution in [0.5, 0.6) is 5.75 Å². The van der Waals surface area contributed by atoms with Gasteiger partial charge in [0.1, 0.15) is 19.0 Å². The molecule has 0 saturated carbocycles. The predicted molar refractivity (Wildman–Crippen MR) is 157 cm³/mol. The molecule has 0 N–H and O–H groups in total. The zero-order chi connectivity index (χ0) is 27.7. The molecule has 0 unspecified atom stereocenters. The van der Waals surface area contributed by atoms with Gasteiger partial charge in [-0.3, -0.25) is 4.79 Å². The van der Waals surface area contributed by atoms with Gasteiger partial charge in [-0.15, -0.1) is 0 Å². The van der Waals surface area contributed by atoms with Gasteiger partial charge >= 0.3 is 11.9 Å². The topological polar surface area (TPSA) is 61.8 Å². The normalized spacial score (nSPS) is 12.2. The van der Waals surface area contributed by atoms with Gasteiger partial charge in [-0.1, -0.05) is 86.9 Å². The highest BCUT2D eigenvalue weighted by molar-refractivity contribution is 5.89. The molecule has 0 aliphatic rings. The van der Waals surface area contributed by atoms with Crippen LogP contribution in [0.4, 0.5) is 0 Å². The van der Waals surface area contributed by atoms with Crippen LogP contribution in [0.1, 0.15) is 83.6 Å². The lowest BCUT2D eigenvalue weighted by molar-refractivity contribution is -0.144. The van der Waals surface area contributed by atoms with E-state index >= 15 is 0 Å². The van der Waals surface area contributed by atoms with E-state index in [9.17, 15) is 9.59 Å². The molecule has 0 atom stereocenters. The van der Waals surface area contributed by atoms with Gasteiger partial charge in [0.2, 0.25) is 0 Å². The van der Waals surface area contributed by atoms with Crippen molar-refractivity contribution in [2.45, 2.75) is 78.1 Å². The number of methoxy groups -OCH3 is 1. The highest BCUT2D eigenvalue weighted by Crippen LogP contribution is 2.12. The number of rotatable bonds is 20. The molecule has 0 heterocycles. The van der Waals surface area contributed by atoms with Crippen molar-refractivity contribution >= 4 is 18.0 Å². The van der Waals surface area contributed by atoms with E-state index in [0.29, 0.717) is 12.0 Å². The SMILES string of the molecule is C/C=C(\COC(=O)CCCCCCC/C=C\C/C=C\C/C=C\CC)C(=O)OC/C=C/c1ccc(OC)cc1. The highest BCUT2D eigenvalue weighted by atomic mass is 16.5. The molecule has 5 nitrogen and oxygen atoms in total. The van der Waals surface area contributed by atoms with Crippen molar-refractivity contribution < 1.29 is 23.8 Å². The number of allylic oxidation sites excluding steroid dienone is 7. The third-order valence-electron chi connectivity index (χ3n) is 5.77.